The van der Waals surface area contributed by atoms with Crippen molar-refractivity contribution >= 4 is 11.6 Å². The van der Waals surface area contributed by atoms with Gasteiger partial charge in [0.15, 0.2) is 0 Å². The van der Waals surface area contributed by atoms with Crippen molar-refractivity contribution in [2.45, 2.75) is 27.2 Å². The van der Waals surface area contributed by atoms with Crippen LogP contribution in [0.3, 0.4) is 0 Å². The molecule has 2 rings (SSSR count). The highest BCUT2D eigenvalue weighted by atomic mass is 16.6. The van der Waals surface area contributed by atoms with E-state index in [0.29, 0.717) is 18.7 Å². The van der Waals surface area contributed by atoms with E-state index in [1.54, 1.807) is 4.90 Å². The second kappa shape index (κ2) is 12.3. The largest absolute Gasteiger partial charge is 0.336 e. The molecule has 128 valence electrons. The van der Waals surface area contributed by atoms with Gasteiger partial charge in [-0.05, 0) is 18.6 Å². The van der Waals surface area contributed by atoms with Crippen LogP contribution < -0.4 is 5.32 Å². The monoisotopic (exact) mass is 321 g/mol. The first-order chi connectivity index (χ1) is 11.1. The van der Waals surface area contributed by atoms with Gasteiger partial charge in [0.2, 0.25) is 0 Å². The number of hydrogen-bond acceptors (Lipinski definition) is 4. The smallest absolute Gasteiger partial charge is 0.269 e. The Bertz CT molecular complexity index is 480. The summed E-state index contributed by atoms with van der Waals surface area (Å²) in [6.45, 7) is 12.5. The maximum atomic E-state index is 12.0. The van der Waals surface area contributed by atoms with E-state index in [9.17, 15) is 14.9 Å². The van der Waals surface area contributed by atoms with Crippen LogP contribution in [-0.4, -0.2) is 41.9 Å². The fraction of sp³-hybridized carbons (Fsp3) is 0.471. The molecule has 1 aromatic rings. The molecule has 0 aromatic heterocycles. The van der Waals surface area contributed by atoms with E-state index in [0.717, 1.165) is 19.5 Å². The number of benzene rings is 1. The predicted molar refractivity (Wildman–Crippen MR) is 93.7 cm³/mol. The number of nitrogens with zero attached hydrogens (tertiary/aromatic N) is 2. The van der Waals surface area contributed by atoms with Crippen molar-refractivity contribution in [2.75, 3.05) is 26.2 Å². The van der Waals surface area contributed by atoms with Gasteiger partial charge in [0.05, 0.1) is 4.92 Å². The van der Waals surface area contributed by atoms with Gasteiger partial charge in [-0.1, -0.05) is 26.8 Å². The lowest BCUT2D eigenvalue weighted by Crippen LogP contribution is -2.46. The van der Waals surface area contributed by atoms with Gasteiger partial charge in [-0.25, -0.2) is 0 Å². The Morgan fingerprint density at radius 1 is 1.30 bits per heavy atom. The van der Waals surface area contributed by atoms with Gasteiger partial charge in [0.1, 0.15) is 0 Å². The molecule has 0 atom stereocenters. The van der Waals surface area contributed by atoms with E-state index in [1.807, 2.05) is 19.9 Å². The van der Waals surface area contributed by atoms with Gasteiger partial charge in [-0.2, -0.15) is 0 Å². The first-order valence-corrected chi connectivity index (χ1v) is 7.95. The quantitative estimate of drug-likeness (QED) is 0.527. The van der Waals surface area contributed by atoms with Gasteiger partial charge >= 0.3 is 0 Å². The molecule has 0 aliphatic carbocycles. The second-order valence-electron chi connectivity index (χ2n) is 4.54. The second-order valence-corrected chi connectivity index (χ2v) is 4.54. The average Bonchev–Trinajstić information content (AvgIpc) is 2.63. The van der Waals surface area contributed by atoms with Crippen LogP contribution in [0.1, 0.15) is 37.6 Å². The molecule has 0 spiro atoms. The zero-order valence-electron chi connectivity index (χ0n) is 14.2. The third kappa shape index (κ3) is 7.56. The van der Waals surface area contributed by atoms with Gasteiger partial charge < -0.3 is 10.2 Å². The van der Waals surface area contributed by atoms with Crippen molar-refractivity contribution in [3.63, 3.8) is 0 Å². The molecule has 0 unspecified atom stereocenters. The van der Waals surface area contributed by atoms with E-state index in [4.69, 9.17) is 0 Å². The van der Waals surface area contributed by atoms with Crippen molar-refractivity contribution in [3.05, 3.63) is 52.6 Å². The Hall–Kier alpha value is -2.21. The number of nitrogens with one attached hydrogen (secondary N) is 1. The van der Waals surface area contributed by atoms with E-state index in [-0.39, 0.29) is 11.6 Å². The Kier molecular flexibility index (Phi) is 11.2. The summed E-state index contributed by atoms with van der Waals surface area (Å²) < 4.78 is 0. The van der Waals surface area contributed by atoms with Crippen LogP contribution in [0.15, 0.2) is 36.9 Å². The van der Waals surface area contributed by atoms with Crippen LogP contribution >= 0.6 is 0 Å². The van der Waals surface area contributed by atoms with Crippen LogP contribution in [0.4, 0.5) is 5.69 Å². The molecule has 1 aliphatic heterocycles. The van der Waals surface area contributed by atoms with Crippen molar-refractivity contribution in [2.24, 2.45) is 0 Å². The molecule has 1 amide bonds. The normalized spacial score (nSPS) is 12.9. The number of carbonyl (C=O) groups is 1. The van der Waals surface area contributed by atoms with Gasteiger partial charge in [0, 0.05) is 43.9 Å². The molecule has 1 saturated heterocycles. The Morgan fingerprint density at radius 3 is 2.17 bits per heavy atom. The highest BCUT2D eigenvalue weighted by Gasteiger charge is 2.18. The third-order valence-electron chi connectivity index (χ3n) is 3.02. The molecule has 0 saturated carbocycles. The highest BCUT2D eigenvalue weighted by molar-refractivity contribution is 5.94. The van der Waals surface area contributed by atoms with Crippen molar-refractivity contribution in [3.8, 4) is 0 Å². The van der Waals surface area contributed by atoms with Gasteiger partial charge in [0.25, 0.3) is 11.6 Å². The zero-order chi connectivity index (χ0) is 17.7. The summed E-state index contributed by atoms with van der Waals surface area (Å²) in [5.41, 5.74) is 0.499. The number of hydrogen-bond donors (Lipinski definition) is 1. The number of allylic oxidation sites excluding steroid dienone is 1. The number of nitro groups is 1. The summed E-state index contributed by atoms with van der Waals surface area (Å²) in [5, 5.41) is 13.6. The number of nitro benzene ring substituents is 1. The minimum Gasteiger partial charge on any atom is -0.336 e. The number of rotatable bonds is 3. The molecule has 23 heavy (non-hydrogen) atoms. The maximum absolute atomic E-state index is 12.0. The Morgan fingerprint density at radius 2 is 1.78 bits per heavy atom. The summed E-state index contributed by atoms with van der Waals surface area (Å²) in [7, 11) is 0. The van der Waals surface area contributed by atoms with Crippen molar-refractivity contribution < 1.29 is 9.72 Å². The Labute approximate surface area is 138 Å². The fourth-order valence-corrected chi connectivity index (χ4v) is 1.78. The molecule has 1 aromatic carbocycles. The molecule has 0 bridgehead atoms. The standard InChI is InChI=1S/C11H13N3O3.C4H8.C2H6/c15-11(13-7-5-12-6-8-13)9-1-3-10(4-2-9)14(16)17;1-3-4-2;1-2/h1-4,12H,5-8H2;3H,1,4H2,2H3;1-2H3. The number of non-ortho nitro benzene ring substituents is 1. The van der Waals surface area contributed by atoms with Crippen LogP contribution in [0.25, 0.3) is 0 Å². The first-order valence-electron chi connectivity index (χ1n) is 7.95. The van der Waals surface area contributed by atoms with E-state index in [1.165, 1.54) is 24.3 Å². The first kappa shape index (κ1) is 20.8. The third-order valence-corrected chi connectivity index (χ3v) is 3.02. The van der Waals surface area contributed by atoms with Crippen LogP contribution in [0.2, 0.25) is 0 Å². The molecular formula is C17H27N3O3. The lowest BCUT2D eigenvalue weighted by atomic mass is 10.1. The molecule has 6 heteroatoms. The van der Waals surface area contributed by atoms with E-state index < -0.39 is 4.92 Å². The molecule has 0 radical (unpaired) electrons. The molecule has 6 nitrogen and oxygen atoms in total. The van der Waals surface area contributed by atoms with Crippen LogP contribution in [-0.2, 0) is 0 Å². The topological polar surface area (TPSA) is 75.5 Å². The summed E-state index contributed by atoms with van der Waals surface area (Å²) in [6, 6.07) is 5.72. The average molecular weight is 321 g/mol. The van der Waals surface area contributed by atoms with Crippen molar-refractivity contribution in [1.29, 1.82) is 0 Å². The Balaban J connectivity index is 0.000000705. The number of piperazine rings is 1. The number of carbonyl (C=O) groups excluding carboxylic acids is 1. The maximum Gasteiger partial charge on any atom is 0.269 e. The van der Waals surface area contributed by atoms with Crippen LogP contribution in [0.5, 0.6) is 0 Å². The van der Waals surface area contributed by atoms with Gasteiger partial charge in [-0.15, -0.1) is 6.58 Å². The molecule has 1 aliphatic rings. The SMILES string of the molecule is C=CCC.CC.O=C(c1ccc([N+](=O)[O-])cc1)N1CCNCC1. The molecule has 1 fully saturated rings. The van der Waals surface area contributed by atoms with Crippen LogP contribution in [0, 0.1) is 10.1 Å². The number of amides is 1. The summed E-state index contributed by atoms with van der Waals surface area (Å²) in [6.07, 6.45) is 2.96. The minimum absolute atomic E-state index is 0.00172. The molecular weight excluding hydrogens is 294 g/mol. The summed E-state index contributed by atoms with van der Waals surface area (Å²) in [4.78, 5) is 23.8. The molecule has 1 N–H and O–H groups in total. The van der Waals surface area contributed by atoms with E-state index >= 15 is 0 Å². The van der Waals surface area contributed by atoms with E-state index in [2.05, 4.69) is 18.8 Å². The minimum atomic E-state index is -0.473. The summed E-state index contributed by atoms with van der Waals surface area (Å²) >= 11 is 0. The van der Waals surface area contributed by atoms with Crippen molar-refractivity contribution in [1.82, 2.24) is 10.2 Å². The highest BCUT2D eigenvalue weighted by Crippen LogP contribution is 2.13. The predicted octanol–water partition coefficient (Wildman–Crippen LogP) is 3.25. The zero-order valence-corrected chi connectivity index (χ0v) is 14.2. The lowest BCUT2D eigenvalue weighted by molar-refractivity contribution is -0.384. The fourth-order valence-electron chi connectivity index (χ4n) is 1.78. The summed E-state index contributed by atoms with van der Waals surface area (Å²) in [5.74, 6) is -0.0682. The van der Waals surface area contributed by atoms with Gasteiger partial charge in [-0.3, -0.25) is 14.9 Å². The lowest BCUT2D eigenvalue weighted by Gasteiger charge is -2.27. The molecule has 1 heterocycles.